The molecule has 0 unspecified atom stereocenters. The van der Waals surface area contributed by atoms with Crippen molar-refractivity contribution in [3.8, 4) is 0 Å². The van der Waals surface area contributed by atoms with Crippen molar-refractivity contribution in [1.82, 2.24) is 4.90 Å². The molecule has 0 fully saturated rings. The summed E-state index contributed by atoms with van der Waals surface area (Å²) in [5, 5.41) is 18.0. The lowest BCUT2D eigenvalue weighted by Gasteiger charge is -2.22. The molecule has 3 rings (SSSR count). The minimum atomic E-state index is -0.940. The van der Waals surface area contributed by atoms with Crippen LogP contribution in [0.4, 0.5) is 0 Å². The molecule has 0 spiro atoms. The van der Waals surface area contributed by atoms with E-state index >= 15 is 0 Å². The van der Waals surface area contributed by atoms with E-state index in [0.717, 1.165) is 36.9 Å². The summed E-state index contributed by atoms with van der Waals surface area (Å²) in [6.07, 6.45) is 3.61. The number of carbonyl (C=O) groups is 2. The van der Waals surface area contributed by atoms with Gasteiger partial charge in [-0.1, -0.05) is 66.7 Å². The SMILES string of the molecule is O=C(O)CCCCN(CCOCc1ccc(CCc2ccccc2)cc1)Cc1ccc(C(=O)O)cc1. The van der Waals surface area contributed by atoms with E-state index in [-0.39, 0.29) is 12.0 Å². The Kier molecular flexibility index (Phi) is 11.2. The van der Waals surface area contributed by atoms with Gasteiger partial charge in [0.05, 0.1) is 18.8 Å². The summed E-state index contributed by atoms with van der Waals surface area (Å²) >= 11 is 0. The van der Waals surface area contributed by atoms with E-state index in [2.05, 4.69) is 53.4 Å². The molecule has 6 nitrogen and oxygen atoms in total. The molecule has 3 aromatic carbocycles. The number of aromatic carboxylic acids is 1. The van der Waals surface area contributed by atoms with Crippen molar-refractivity contribution in [2.24, 2.45) is 0 Å². The highest BCUT2D eigenvalue weighted by molar-refractivity contribution is 5.87. The van der Waals surface area contributed by atoms with E-state index in [9.17, 15) is 9.59 Å². The number of aliphatic carboxylic acids is 1. The first-order valence-corrected chi connectivity index (χ1v) is 12.5. The fourth-order valence-electron chi connectivity index (χ4n) is 4.01. The van der Waals surface area contributed by atoms with Crippen molar-refractivity contribution in [2.45, 2.75) is 45.3 Å². The largest absolute Gasteiger partial charge is 0.481 e. The van der Waals surface area contributed by atoms with E-state index in [0.29, 0.717) is 32.7 Å². The van der Waals surface area contributed by atoms with Crippen LogP contribution in [-0.4, -0.2) is 46.7 Å². The Balaban J connectivity index is 1.44. The molecule has 0 heterocycles. The van der Waals surface area contributed by atoms with Crippen LogP contribution in [-0.2, 0) is 35.5 Å². The lowest BCUT2D eigenvalue weighted by Crippen LogP contribution is -2.28. The number of nitrogens with zero attached hydrogens (tertiary/aromatic N) is 1. The third-order valence-electron chi connectivity index (χ3n) is 6.11. The molecule has 0 saturated heterocycles. The highest BCUT2D eigenvalue weighted by Gasteiger charge is 2.09. The number of carboxylic acids is 2. The van der Waals surface area contributed by atoms with Crippen LogP contribution < -0.4 is 0 Å². The van der Waals surface area contributed by atoms with Crippen LogP contribution in [0.2, 0.25) is 0 Å². The third kappa shape index (κ3) is 10.0. The van der Waals surface area contributed by atoms with Gasteiger partial charge in [-0.15, -0.1) is 0 Å². The number of hydrogen-bond donors (Lipinski definition) is 2. The molecule has 36 heavy (non-hydrogen) atoms. The van der Waals surface area contributed by atoms with Gasteiger partial charge in [-0.25, -0.2) is 4.79 Å². The average Bonchev–Trinajstić information content (AvgIpc) is 2.89. The Bertz CT molecular complexity index is 1060. The van der Waals surface area contributed by atoms with E-state index in [1.165, 1.54) is 11.1 Å². The third-order valence-corrected chi connectivity index (χ3v) is 6.11. The minimum absolute atomic E-state index is 0.166. The van der Waals surface area contributed by atoms with Gasteiger partial charge >= 0.3 is 11.9 Å². The first kappa shape index (κ1) is 27.1. The second-order valence-electron chi connectivity index (χ2n) is 8.98. The van der Waals surface area contributed by atoms with E-state index < -0.39 is 11.9 Å². The second kappa shape index (κ2) is 14.8. The lowest BCUT2D eigenvalue weighted by atomic mass is 10.0. The summed E-state index contributed by atoms with van der Waals surface area (Å²) in [5.74, 6) is -1.72. The molecule has 0 atom stereocenters. The standard InChI is InChI=1S/C30H35NO5/c32-29(33)8-4-5-19-31(22-26-15-17-28(18-16-26)30(34)35)20-21-36-23-27-13-11-25(12-14-27)10-9-24-6-2-1-3-7-24/h1-3,6-7,11-18H,4-5,8-10,19-23H2,(H,32,33)(H,34,35). The summed E-state index contributed by atoms with van der Waals surface area (Å²) in [4.78, 5) is 24.1. The van der Waals surface area contributed by atoms with Crippen LogP contribution in [0.5, 0.6) is 0 Å². The van der Waals surface area contributed by atoms with Gasteiger partial charge in [0, 0.05) is 19.5 Å². The van der Waals surface area contributed by atoms with Gasteiger partial charge in [-0.05, 0) is 66.6 Å². The number of hydrogen-bond acceptors (Lipinski definition) is 4. The minimum Gasteiger partial charge on any atom is -0.481 e. The van der Waals surface area contributed by atoms with Crippen LogP contribution in [0, 0.1) is 0 Å². The first-order chi connectivity index (χ1) is 17.5. The Morgan fingerprint density at radius 3 is 1.94 bits per heavy atom. The average molecular weight is 490 g/mol. The quantitative estimate of drug-likeness (QED) is 0.261. The Labute approximate surface area is 213 Å². The van der Waals surface area contributed by atoms with Gasteiger partial charge in [-0.3, -0.25) is 9.69 Å². The zero-order chi connectivity index (χ0) is 25.6. The van der Waals surface area contributed by atoms with Crippen LogP contribution in [0.25, 0.3) is 0 Å². The number of aryl methyl sites for hydroxylation is 2. The van der Waals surface area contributed by atoms with Crippen molar-refractivity contribution in [1.29, 1.82) is 0 Å². The normalized spacial score (nSPS) is 11.0. The molecule has 0 aliphatic rings. The van der Waals surface area contributed by atoms with Crippen molar-refractivity contribution in [3.63, 3.8) is 0 Å². The van der Waals surface area contributed by atoms with E-state index in [1.807, 2.05) is 18.2 Å². The number of ether oxygens (including phenoxy) is 1. The fourth-order valence-corrected chi connectivity index (χ4v) is 4.01. The molecule has 0 bridgehead atoms. The molecule has 0 aromatic heterocycles. The maximum Gasteiger partial charge on any atom is 0.335 e. The second-order valence-corrected chi connectivity index (χ2v) is 8.98. The highest BCUT2D eigenvalue weighted by atomic mass is 16.5. The molecular formula is C30H35NO5. The molecule has 3 aromatic rings. The van der Waals surface area contributed by atoms with Gasteiger partial charge in [0.2, 0.25) is 0 Å². The molecule has 0 saturated carbocycles. The van der Waals surface area contributed by atoms with Crippen molar-refractivity contribution in [2.75, 3.05) is 19.7 Å². The van der Waals surface area contributed by atoms with Crippen molar-refractivity contribution >= 4 is 11.9 Å². The Morgan fingerprint density at radius 1 is 0.694 bits per heavy atom. The van der Waals surface area contributed by atoms with E-state index in [1.54, 1.807) is 12.1 Å². The van der Waals surface area contributed by atoms with E-state index in [4.69, 9.17) is 14.9 Å². The van der Waals surface area contributed by atoms with Gasteiger partial charge in [0.25, 0.3) is 0 Å². The van der Waals surface area contributed by atoms with Gasteiger partial charge in [-0.2, -0.15) is 0 Å². The summed E-state index contributed by atoms with van der Waals surface area (Å²) in [7, 11) is 0. The Hall–Kier alpha value is -3.48. The van der Waals surface area contributed by atoms with Gasteiger partial charge in [0.15, 0.2) is 0 Å². The smallest absolute Gasteiger partial charge is 0.335 e. The molecule has 6 heteroatoms. The summed E-state index contributed by atoms with van der Waals surface area (Å²) < 4.78 is 5.94. The summed E-state index contributed by atoms with van der Waals surface area (Å²) in [5.41, 5.74) is 5.07. The Morgan fingerprint density at radius 2 is 1.31 bits per heavy atom. The van der Waals surface area contributed by atoms with Crippen LogP contribution in [0.1, 0.15) is 51.9 Å². The molecule has 0 radical (unpaired) electrons. The number of rotatable bonds is 16. The predicted octanol–water partition coefficient (Wildman–Crippen LogP) is 5.44. The topological polar surface area (TPSA) is 87.1 Å². The molecule has 190 valence electrons. The maximum atomic E-state index is 11.1. The molecule has 0 aliphatic carbocycles. The number of carboxylic acid groups (broad SMARTS) is 2. The van der Waals surface area contributed by atoms with Gasteiger partial charge in [0.1, 0.15) is 0 Å². The molecule has 2 N–H and O–H groups in total. The van der Waals surface area contributed by atoms with Gasteiger partial charge < -0.3 is 14.9 Å². The van der Waals surface area contributed by atoms with Crippen molar-refractivity contribution < 1.29 is 24.5 Å². The molecular weight excluding hydrogens is 454 g/mol. The lowest BCUT2D eigenvalue weighted by molar-refractivity contribution is -0.137. The fraction of sp³-hybridized carbons (Fsp3) is 0.333. The van der Waals surface area contributed by atoms with Crippen molar-refractivity contribution in [3.05, 3.63) is 107 Å². The monoisotopic (exact) mass is 489 g/mol. The van der Waals surface area contributed by atoms with Crippen LogP contribution in [0.15, 0.2) is 78.9 Å². The summed E-state index contributed by atoms with van der Waals surface area (Å²) in [6.45, 7) is 3.23. The number of benzene rings is 3. The first-order valence-electron chi connectivity index (χ1n) is 12.5. The predicted molar refractivity (Wildman–Crippen MR) is 140 cm³/mol. The molecule has 0 amide bonds. The van der Waals surface area contributed by atoms with Crippen LogP contribution in [0.3, 0.4) is 0 Å². The highest BCUT2D eigenvalue weighted by Crippen LogP contribution is 2.12. The maximum absolute atomic E-state index is 11.1. The zero-order valence-corrected chi connectivity index (χ0v) is 20.6. The van der Waals surface area contributed by atoms with Crippen LogP contribution >= 0.6 is 0 Å². The summed E-state index contributed by atoms with van der Waals surface area (Å²) in [6, 6.07) is 25.9. The zero-order valence-electron chi connectivity index (χ0n) is 20.6. The number of unbranched alkanes of at least 4 members (excludes halogenated alkanes) is 1. The molecule has 0 aliphatic heterocycles.